The summed E-state index contributed by atoms with van der Waals surface area (Å²) < 4.78 is 12.9. The summed E-state index contributed by atoms with van der Waals surface area (Å²) in [6.45, 7) is -0.164. The monoisotopic (exact) mass is 171 g/mol. The van der Waals surface area contributed by atoms with E-state index < -0.39 is 11.9 Å². The molecule has 12 heavy (non-hydrogen) atoms. The Labute approximate surface area is 69.5 Å². The SMILES string of the molecule is OCCC(O)c1ccncc1F. The Morgan fingerprint density at radius 2 is 2.33 bits per heavy atom. The molecule has 1 aromatic heterocycles. The molecular weight excluding hydrogens is 161 g/mol. The molecule has 2 N–H and O–H groups in total. The van der Waals surface area contributed by atoms with Crippen molar-refractivity contribution in [2.45, 2.75) is 12.5 Å². The summed E-state index contributed by atoms with van der Waals surface area (Å²) in [5.74, 6) is -0.543. The number of hydrogen-bond acceptors (Lipinski definition) is 3. The Bertz CT molecular complexity index is 255. The maximum atomic E-state index is 12.9. The first kappa shape index (κ1) is 9.09. The fourth-order valence-corrected chi connectivity index (χ4v) is 0.934. The molecule has 0 radical (unpaired) electrons. The number of aliphatic hydroxyl groups excluding tert-OH is 2. The Morgan fingerprint density at radius 3 is 2.92 bits per heavy atom. The van der Waals surface area contributed by atoms with Crippen LogP contribution in [0.15, 0.2) is 18.5 Å². The van der Waals surface area contributed by atoms with Gasteiger partial charge in [-0.25, -0.2) is 4.39 Å². The third-order valence-corrected chi connectivity index (χ3v) is 1.57. The second-order valence-corrected chi connectivity index (χ2v) is 2.43. The van der Waals surface area contributed by atoms with Crippen molar-refractivity contribution in [3.05, 3.63) is 29.8 Å². The van der Waals surface area contributed by atoms with Crippen molar-refractivity contribution >= 4 is 0 Å². The molecule has 0 bridgehead atoms. The fourth-order valence-electron chi connectivity index (χ4n) is 0.934. The number of pyridine rings is 1. The molecule has 0 aliphatic rings. The number of aromatic nitrogens is 1. The summed E-state index contributed by atoms with van der Waals surface area (Å²) in [4.78, 5) is 3.54. The predicted octanol–water partition coefficient (Wildman–Crippen LogP) is 0.637. The number of rotatable bonds is 3. The second-order valence-electron chi connectivity index (χ2n) is 2.43. The van der Waals surface area contributed by atoms with E-state index in [0.29, 0.717) is 0 Å². The summed E-state index contributed by atoms with van der Waals surface area (Å²) >= 11 is 0. The molecule has 0 aliphatic carbocycles. The standard InChI is InChI=1S/C8H10FNO2/c9-7-5-10-3-1-6(7)8(12)2-4-11/h1,3,5,8,11-12H,2,4H2. The molecule has 0 fully saturated rings. The van der Waals surface area contributed by atoms with Gasteiger partial charge in [-0.3, -0.25) is 4.98 Å². The molecule has 0 aromatic carbocycles. The summed E-state index contributed by atoms with van der Waals surface area (Å²) in [6.07, 6.45) is 1.63. The lowest BCUT2D eigenvalue weighted by Crippen LogP contribution is -2.02. The second kappa shape index (κ2) is 4.13. The van der Waals surface area contributed by atoms with E-state index in [1.54, 1.807) is 0 Å². The van der Waals surface area contributed by atoms with Crippen LogP contribution in [0, 0.1) is 5.82 Å². The minimum Gasteiger partial charge on any atom is -0.396 e. The molecule has 0 amide bonds. The van der Waals surface area contributed by atoms with Gasteiger partial charge in [0, 0.05) is 24.8 Å². The van der Waals surface area contributed by atoms with E-state index in [4.69, 9.17) is 5.11 Å². The van der Waals surface area contributed by atoms with Gasteiger partial charge in [-0.15, -0.1) is 0 Å². The first-order valence-electron chi connectivity index (χ1n) is 3.64. The Morgan fingerprint density at radius 1 is 1.58 bits per heavy atom. The van der Waals surface area contributed by atoms with E-state index >= 15 is 0 Å². The van der Waals surface area contributed by atoms with Gasteiger partial charge in [-0.1, -0.05) is 0 Å². The van der Waals surface area contributed by atoms with Crippen molar-refractivity contribution in [1.82, 2.24) is 4.98 Å². The number of halogens is 1. The van der Waals surface area contributed by atoms with Gasteiger partial charge < -0.3 is 10.2 Å². The number of hydrogen-bond donors (Lipinski definition) is 2. The van der Waals surface area contributed by atoms with Crippen LogP contribution in [-0.2, 0) is 0 Å². The zero-order chi connectivity index (χ0) is 8.97. The summed E-state index contributed by atoms with van der Waals surface area (Å²) in [5, 5.41) is 17.8. The predicted molar refractivity (Wildman–Crippen MR) is 40.9 cm³/mol. The van der Waals surface area contributed by atoms with Crippen molar-refractivity contribution in [3.63, 3.8) is 0 Å². The van der Waals surface area contributed by atoms with Crippen molar-refractivity contribution in [2.75, 3.05) is 6.61 Å². The van der Waals surface area contributed by atoms with Gasteiger partial charge in [0.05, 0.1) is 12.3 Å². The van der Waals surface area contributed by atoms with Gasteiger partial charge in [0.25, 0.3) is 0 Å². The highest BCUT2D eigenvalue weighted by molar-refractivity contribution is 5.15. The van der Waals surface area contributed by atoms with Gasteiger partial charge in [0.15, 0.2) is 0 Å². The molecule has 66 valence electrons. The molecule has 0 saturated heterocycles. The molecular formula is C8H10FNO2. The molecule has 0 aliphatic heterocycles. The molecule has 3 nitrogen and oxygen atoms in total. The Balaban J connectivity index is 2.79. The van der Waals surface area contributed by atoms with Crippen molar-refractivity contribution in [3.8, 4) is 0 Å². The van der Waals surface area contributed by atoms with Crippen LogP contribution >= 0.6 is 0 Å². The van der Waals surface area contributed by atoms with Gasteiger partial charge in [-0.2, -0.15) is 0 Å². The van der Waals surface area contributed by atoms with Crippen LogP contribution < -0.4 is 0 Å². The normalized spacial score (nSPS) is 12.9. The molecule has 0 spiro atoms. The lowest BCUT2D eigenvalue weighted by molar-refractivity contribution is 0.131. The lowest BCUT2D eigenvalue weighted by Gasteiger charge is -2.08. The van der Waals surface area contributed by atoms with Crippen LogP contribution in [0.5, 0.6) is 0 Å². The van der Waals surface area contributed by atoms with Gasteiger partial charge in [0.1, 0.15) is 5.82 Å². The van der Waals surface area contributed by atoms with E-state index in [9.17, 15) is 9.50 Å². The average molecular weight is 171 g/mol. The van der Waals surface area contributed by atoms with Crippen molar-refractivity contribution in [1.29, 1.82) is 0 Å². The highest BCUT2D eigenvalue weighted by atomic mass is 19.1. The number of aliphatic hydroxyl groups is 2. The third kappa shape index (κ3) is 1.99. The van der Waals surface area contributed by atoms with Crippen LogP contribution in [0.25, 0.3) is 0 Å². The van der Waals surface area contributed by atoms with E-state index in [-0.39, 0.29) is 18.6 Å². The lowest BCUT2D eigenvalue weighted by atomic mass is 10.1. The molecule has 1 aromatic rings. The molecule has 1 heterocycles. The van der Waals surface area contributed by atoms with Crippen LogP contribution in [0.3, 0.4) is 0 Å². The maximum absolute atomic E-state index is 12.9. The van der Waals surface area contributed by atoms with Gasteiger partial charge >= 0.3 is 0 Å². The summed E-state index contributed by atoms with van der Waals surface area (Å²) in [7, 11) is 0. The zero-order valence-corrected chi connectivity index (χ0v) is 6.44. The maximum Gasteiger partial charge on any atom is 0.147 e. The van der Waals surface area contributed by atoms with Gasteiger partial charge in [-0.05, 0) is 6.07 Å². The molecule has 0 saturated carbocycles. The van der Waals surface area contributed by atoms with Crippen LogP contribution in [0.4, 0.5) is 4.39 Å². The zero-order valence-electron chi connectivity index (χ0n) is 6.44. The number of nitrogens with zero attached hydrogens (tertiary/aromatic N) is 1. The first-order chi connectivity index (χ1) is 5.75. The summed E-state index contributed by atoms with van der Waals surface area (Å²) in [6, 6.07) is 1.40. The van der Waals surface area contributed by atoms with Crippen molar-refractivity contribution < 1.29 is 14.6 Å². The fraction of sp³-hybridized carbons (Fsp3) is 0.375. The third-order valence-electron chi connectivity index (χ3n) is 1.57. The van der Waals surface area contributed by atoms with E-state index in [1.165, 1.54) is 12.3 Å². The highest BCUT2D eigenvalue weighted by Gasteiger charge is 2.10. The Hall–Kier alpha value is -1.00. The largest absolute Gasteiger partial charge is 0.396 e. The van der Waals surface area contributed by atoms with Crippen molar-refractivity contribution in [2.24, 2.45) is 0 Å². The van der Waals surface area contributed by atoms with Crippen LogP contribution in [0.2, 0.25) is 0 Å². The van der Waals surface area contributed by atoms with E-state index in [2.05, 4.69) is 4.98 Å². The first-order valence-corrected chi connectivity index (χ1v) is 3.64. The molecule has 1 rings (SSSR count). The quantitative estimate of drug-likeness (QED) is 0.701. The topological polar surface area (TPSA) is 53.4 Å². The molecule has 1 atom stereocenters. The minimum atomic E-state index is -0.946. The molecule has 4 heteroatoms. The average Bonchev–Trinajstić information content (AvgIpc) is 2.05. The van der Waals surface area contributed by atoms with E-state index in [1.807, 2.05) is 0 Å². The Kier molecular flexibility index (Phi) is 3.13. The van der Waals surface area contributed by atoms with Crippen LogP contribution in [-0.4, -0.2) is 21.8 Å². The van der Waals surface area contributed by atoms with E-state index in [0.717, 1.165) is 6.20 Å². The summed E-state index contributed by atoms with van der Waals surface area (Å²) in [5.41, 5.74) is 0.180. The van der Waals surface area contributed by atoms with Crippen LogP contribution in [0.1, 0.15) is 18.1 Å². The smallest absolute Gasteiger partial charge is 0.147 e. The van der Waals surface area contributed by atoms with Gasteiger partial charge in [0.2, 0.25) is 0 Å². The minimum absolute atomic E-state index is 0.140. The highest BCUT2D eigenvalue weighted by Crippen LogP contribution is 2.17. The molecule has 1 unspecified atom stereocenters.